The minimum absolute atomic E-state index is 0.318. The summed E-state index contributed by atoms with van der Waals surface area (Å²) < 4.78 is 0. The van der Waals surface area contributed by atoms with Crippen LogP contribution in [0.5, 0.6) is 5.75 Å². The van der Waals surface area contributed by atoms with Gasteiger partial charge < -0.3 is 5.11 Å². The number of hydrogen-bond donors (Lipinski definition) is 1. The Balaban J connectivity index is 1.26. The van der Waals surface area contributed by atoms with Crippen molar-refractivity contribution in [3.63, 3.8) is 0 Å². The molecule has 0 saturated heterocycles. The van der Waals surface area contributed by atoms with Crippen LogP contribution in [0.15, 0.2) is 18.2 Å². The second-order valence-corrected chi connectivity index (χ2v) is 12.1. The SMILES string of the molecule is Oc1cc(C23CC4CC(CC(C4)C2)C3)ccc1C12CC3CC(CC(C3)C1)C2. The van der Waals surface area contributed by atoms with E-state index in [2.05, 4.69) is 18.2 Å². The van der Waals surface area contributed by atoms with Gasteiger partial charge in [0.1, 0.15) is 5.75 Å². The van der Waals surface area contributed by atoms with Crippen LogP contribution in [0.4, 0.5) is 0 Å². The predicted octanol–water partition coefficient (Wildman–Crippen LogP) is 6.33. The van der Waals surface area contributed by atoms with E-state index in [1.54, 1.807) is 0 Å². The van der Waals surface area contributed by atoms with Crippen LogP contribution in [0.25, 0.3) is 0 Å². The molecule has 0 aliphatic heterocycles. The molecule has 1 N–H and O–H groups in total. The molecule has 0 radical (unpaired) electrons. The molecule has 0 spiro atoms. The van der Waals surface area contributed by atoms with Gasteiger partial charge in [0.05, 0.1) is 0 Å². The second-order valence-electron chi connectivity index (χ2n) is 12.1. The quantitative estimate of drug-likeness (QED) is 0.652. The zero-order chi connectivity index (χ0) is 17.8. The molecule has 8 bridgehead atoms. The molecule has 8 saturated carbocycles. The van der Waals surface area contributed by atoms with Crippen LogP contribution in [0.1, 0.15) is 88.2 Å². The first-order chi connectivity index (χ1) is 13.1. The van der Waals surface area contributed by atoms with Gasteiger partial charge in [0.25, 0.3) is 0 Å². The maximum absolute atomic E-state index is 11.3. The molecule has 1 nitrogen and oxygen atoms in total. The fraction of sp³-hybridized carbons (Fsp3) is 0.769. The van der Waals surface area contributed by atoms with Crippen molar-refractivity contribution in [3.05, 3.63) is 29.3 Å². The van der Waals surface area contributed by atoms with Crippen molar-refractivity contribution in [2.75, 3.05) is 0 Å². The first-order valence-electron chi connectivity index (χ1n) is 11.9. The molecule has 144 valence electrons. The zero-order valence-corrected chi connectivity index (χ0v) is 16.6. The third kappa shape index (κ3) is 2.18. The van der Waals surface area contributed by atoms with E-state index < -0.39 is 0 Å². The molecule has 8 fully saturated rings. The summed E-state index contributed by atoms with van der Waals surface area (Å²) in [6.07, 6.45) is 17.2. The lowest BCUT2D eigenvalue weighted by atomic mass is 9.47. The number of hydrogen-bond acceptors (Lipinski definition) is 1. The van der Waals surface area contributed by atoms with E-state index in [1.807, 2.05) is 0 Å². The Morgan fingerprint density at radius 1 is 0.593 bits per heavy atom. The van der Waals surface area contributed by atoms with Gasteiger partial charge in [-0.05, 0) is 135 Å². The summed E-state index contributed by atoms with van der Waals surface area (Å²) in [6, 6.07) is 7.12. The fourth-order valence-corrected chi connectivity index (χ4v) is 10.2. The Bertz CT molecular complexity index is 719. The first-order valence-corrected chi connectivity index (χ1v) is 11.9. The van der Waals surface area contributed by atoms with E-state index in [0.29, 0.717) is 16.6 Å². The third-order valence-electron chi connectivity index (χ3n) is 10.3. The van der Waals surface area contributed by atoms with Gasteiger partial charge in [-0.1, -0.05) is 12.1 Å². The van der Waals surface area contributed by atoms with Crippen LogP contribution in [-0.2, 0) is 10.8 Å². The van der Waals surface area contributed by atoms with Crippen LogP contribution in [0.3, 0.4) is 0 Å². The summed E-state index contributed by atoms with van der Waals surface area (Å²) in [6.45, 7) is 0. The van der Waals surface area contributed by atoms with E-state index in [4.69, 9.17) is 0 Å². The monoisotopic (exact) mass is 362 g/mol. The van der Waals surface area contributed by atoms with Crippen molar-refractivity contribution in [1.82, 2.24) is 0 Å². The van der Waals surface area contributed by atoms with Gasteiger partial charge in [0.2, 0.25) is 0 Å². The lowest BCUT2D eigenvalue weighted by Gasteiger charge is -2.58. The molecule has 9 rings (SSSR count). The van der Waals surface area contributed by atoms with Gasteiger partial charge in [-0.2, -0.15) is 0 Å². The summed E-state index contributed by atoms with van der Waals surface area (Å²) in [5, 5.41) is 11.3. The van der Waals surface area contributed by atoms with Crippen LogP contribution in [0.2, 0.25) is 0 Å². The molecule has 0 amide bonds. The summed E-state index contributed by atoms with van der Waals surface area (Å²) in [5.74, 6) is 6.41. The molecule has 8 aliphatic carbocycles. The van der Waals surface area contributed by atoms with E-state index in [0.717, 1.165) is 35.5 Å². The van der Waals surface area contributed by atoms with Gasteiger partial charge in [0.15, 0.2) is 0 Å². The number of aromatic hydroxyl groups is 1. The van der Waals surface area contributed by atoms with Gasteiger partial charge in [-0.3, -0.25) is 0 Å². The minimum atomic E-state index is 0.318. The molecule has 1 aromatic carbocycles. The van der Waals surface area contributed by atoms with Crippen molar-refractivity contribution >= 4 is 0 Å². The van der Waals surface area contributed by atoms with E-state index in [9.17, 15) is 5.11 Å². The van der Waals surface area contributed by atoms with Crippen LogP contribution >= 0.6 is 0 Å². The highest BCUT2D eigenvalue weighted by Crippen LogP contribution is 2.63. The molecule has 0 aromatic heterocycles. The maximum atomic E-state index is 11.3. The summed E-state index contributed by atoms with van der Waals surface area (Å²) in [7, 11) is 0. The van der Waals surface area contributed by atoms with E-state index >= 15 is 0 Å². The van der Waals surface area contributed by atoms with E-state index in [-0.39, 0.29) is 0 Å². The highest BCUT2D eigenvalue weighted by Gasteiger charge is 2.54. The predicted molar refractivity (Wildman–Crippen MR) is 108 cm³/mol. The molecule has 0 atom stereocenters. The Kier molecular flexibility index (Phi) is 3.02. The summed E-state index contributed by atoms with van der Waals surface area (Å²) in [5.41, 5.74) is 3.55. The summed E-state index contributed by atoms with van der Waals surface area (Å²) >= 11 is 0. The smallest absolute Gasteiger partial charge is 0.119 e. The lowest BCUT2D eigenvalue weighted by Crippen LogP contribution is -2.49. The fourth-order valence-electron chi connectivity index (χ4n) is 10.2. The first kappa shape index (κ1) is 15.9. The van der Waals surface area contributed by atoms with E-state index in [1.165, 1.54) is 88.2 Å². The highest BCUT2D eigenvalue weighted by molar-refractivity contribution is 5.46. The Labute approximate surface area is 163 Å². The van der Waals surface area contributed by atoms with Gasteiger partial charge in [0, 0.05) is 5.56 Å². The standard InChI is InChI=1S/C26H34O/c27-24-9-22(25-10-16-3-17(11-25)5-18(4-16)12-25)1-2-23(24)26-13-19-6-20(14-26)8-21(7-19)15-26/h1-2,9,16-21,27H,3-8,10-15H2. The van der Waals surface area contributed by atoms with Gasteiger partial charge in [-0.25, -0.2) is 0 Å². The molecule has 1 heteroatoms. The van der Waals surface area contributed by atoms with Crippen molar-refractivity contribution in [1.29, 1.82) is 0 Å². The lowest BCUT2D eigenvalue weighted by molar-refractivity contribution is -0.00774. The maximum Gasteiger partial charge on any atom is 0.119 e. The van der Waals surface area contributed by atoms with Crippen molar-refractivity contribution in [2.24, 2.45) is 35.5 Å². The van der Waals surface area contributed by atoms with Gasteiger partial charge >= 0.3 is 0 Å². The minimum Gasteiger partial charge on any atom is -0.508 e. The number of phenolic OH excluding ortho intramolecular Hbond substituents is 1. The molecule has 1 aromatic rings. The molecule has 0 unspecified atom stereocenters. The van der Waals surface area contributed by atoms with Crippen LogP contribution < -0.4 is 0 Å². The summed E-state index contributed by atoms with van der Waals surface area (Å²) in [4.78, 5) is 0. The number of rotatable bonds is 2. The second kappa shape index (κ2) is 5.14. The van der Waals surface area contributed by atoms with Gasteiger partial charge in [-0.15, -0.1) is 0 Å². The Morgan fingerprint density at radius 3 is 1.41 bits per heavy atom. The molecule has 8 aliphatic rings. The third-order valence-corrected chi connectivity index (χ3v) is 10.3. The Hall–Kier alpha value is -0.980. The van der Waals surface area contributed by atoms with Crippen molar-refractivity contribution < 1.29 is 5.11 Å². The highest BCUT2D eigenvalue weighted by atomic mass is 16.3. The van der Waals surface area contributed by atoms with Crippen LogP contribution in [-0.4, -0.2) is 5.11 Å². The number of benzene rings is 1. The molecular weight excluding hydrogens is 328 g/mol. The van der Waals surface area contributed by atoms with Crippen molar-refractivity contribution in [3.8, 4) is 5.75 Å². The average molecular weight is 363 g/mol. The number of phenols is 1. The average Bonchev–Trinajstić information content (AvgIpc) is 2.59. The van der Waals surface area contributed by atoms with Crippen LogP contribution in [0, 0.1) is 35.5 Å². The normalized spacial score (nSPS) is 51.9. The topological polar surface area (TPSA) is 20.2 Å². The molecular formula is C26H34O. The zero-order valence-electron chi connectivity index (χ0n) is 16.6. The van der Waals surface area contributed by atoms with Crippen molar-refractivity contribution in [2.45, 2.75) is 87.9 Å². The molecule has 0 heterocycles. The molecule has 27 heavy (non-hydrogen) atoms. The Morgan fingerprint density at radius 2 is 1.00 bits per heavy atom. The largest absolute Gasteiger partial charge is 0.508 e.